The highest BCUT2D eigenvalue weighted by Gasteiger charge is 2.32. The van der Waals surface area contributed by atoms with Crippen molar-refractivity contribution in [3.63, 3.8) is 0 Å². The van der Waals surface area contributed by atoms with Gasteiger partial charge in [0.1, 0.15) is 0 Å². The molecule has 2 nitrogen and oxygen atoms in total. The van der Waals surface area contributed by atoms with Gasteiger partial charge in [0.05, 0.1) is 6.10 Å². The van der Waals surface area contributed by atoms with Gasteiger partial charge < -0.3 is 10.1 Å². The summed E-state index contributed by atoms with van der Waals surface area (Å²) in [6, 6.07) is 3.04. The Bertz CT molecular complexity index is 383. The fourth-order valence-corrected chi connectivity index (χ4v) is 4.09. The van der Waals surface area contributed by atoms with Crippen LogP contribution in [0.15, 0.2) is 10.5 Å². The molecule has 17 heavy (non-hydrogen) atoms. The van der Waals surface area contributed by atoms with Gasteiger partial charge in [-0.15, -0.1) is 11.3 Å². The number of hydrogen-bond acceptors (Lipinski definition) is 3. The second-order valence-electron chi connectivity index (χ2n) is 5.08. The van der Waals surface area contributed by atoms with Crippen LogP contribution in [0.25, 0.3) is 0 Å². The predicted octanol–water partition coefficient (Wildman–Crippen LogP) is 3.65. The Morgan fingerprint density at radius 2 is 2.29 bits per heavy atom. The average molecular weight is 316 g/mol. The first kappa shape index (κ1) is 12.2. The Morgan fingerprint density at radius 3 is 2.94 bits per heavy atom. The molecule has 0 aromatic carbocycles. The lowest BCUT2D eigenvalue weighted by Crippen LogP contribution is -2.26. The van der Waals surface area contributed by atoms with Crippen LogP contribution in [0.5, 0.6) is 0 Å². The van der Waals surface area contributed by atoms with Crippen LogP contribution >= 0.6 is 27.3 Å². The molecule has 0 spiro atoms. The van der Waals surface area contributed by atoms with Gasteiger partial charge in [-0.25, -0.2) is 0 Å². The molecule has 2 heterocycles. The third-order valence-corrected chi connectivity index (χ3v) is 5.82. The van der Waals surface area contributed by atoms with Crippen molar-refractivity contribution in [3.05, 3.63) is 20.3 Å². The topological polar surface area (TPSA) is 21.3 Å². The maximum absolute atomic E-state index is 5.92. The average Bonchev–Trinajstić information content (AvgIpc) is 2.92. The zero-order chi connectivity index (χ0) is 11.8. The lowest BCUT2D eigenvalue weighted by atomic mass is 10.0. The Hall–Kier alpha value is 0.100. The summed E-state index contributed by atoms with van der Waals surface area (Å²) in [5.41, 5.74) is 0. The van der Waals surface area contributed by atoms with Crippen LogP contribution in [0.2, 0.25) is 0 Å². The van der Waals surface area contributed by atoms with Crippen molar-refractivity contribution < 1.29 is 4.74 Å². The van der Waals surface area contributed by atoms with Gasteiger partial charge in [-0.1, -0.05) is 0 Å². The molecular formula is C13H18BrNOS. The number of halogens is 1. The van der Waals surface area contributed by atoms with Gasteiger partial charge in [0.2, 0.25) is 0 Å². The van der Waals surface area contributed by atoms with E-state index in [-0.39, 0.29) is 0 Å². The van der Waals surface area contributed by atoms with Crippen molar-refractivity contribution in [2.45, 2.75) is 38.3 Å². The molecule has 0 amide bonds. The van der Waals surface area contributed by atoms with E-state index >= 15 is 0 Å². The molecule has 4 heteroatoms. The van der Waals surface area contributed by atoms with Crippen LogP contribution in [0.1, 0.15) is 35.1 Å². The second-order valence-corrected chi connectivity index (χ2v) is 7.22. The molecule has 2 unspecified atom stereocenters. The normalized spacial score (nSPS) is 28.8. The van der Waals surface area contributed by atoms with Crippen LogP contribution in [-0.4, -0.2) is 19.2 Å². The van der Waals surface area contributed by atoms with Crippen molar-refractivity contribution >= 4 is 27.3 Å². The second kappa shape index (κ2) is 5.00. The molecule has 1 aliphatic heterocycles. The van der Waals surface area contributed by atoms with Crippen molar-refractivity contribution in [1.29, 1.82) is 0 Å². The zero-order valence-electron chi connectivity index (χ0n) is 10.0. The Morgan fingerprint density at radius 1 is 1.47 bits per heavy atom. The summed E-state index contributed by atoms with van der Waals surface area (Å²) in [7, 11) is 0. The summed E-state index contributed by atoms with van der Waals surface area (Å²) in [5.74, 6) is 0.653. The third kappa shape index (κ3) is 2.75. The van der Waals surface area contributed by atoms with E-state index in [0.29, 0.717) is 12.0 Å². The SMILES string of the molecule is Cc1sc(C2OCCC2CNC2CC2)cc1Br. The summed E-state index contributed by atoms with van der Waals surface area (Å²) in [6.07, 6.45) is 4.24. The van der Waals surface area contributed by atoms with E-state index in [9.17, 15) is 0 Å². The maximum atomic E-state index is 5.92. The van der Waals surface area contributed by atoms with E-state index in [1.54, 1.807) is 0 Å². The number of thiophene rings is 1. The van der Waals surface area contributed by atoms with Crippen LogP contribution in [-0.2, 0) is 4.74 Å². The van der Waals surface area contributed by atoms with E-state index in [1.807, 2.05) is 11.3 Å². The van der Waals surface area contributed by atoms with Gasteiger partial charge in [-0.05, 0) is 48.2 Å². The van der Waals surface area contributed by atoms with Gasteiger partial charge in [-0.3, -0.25) is 0 Å². The van der Waals surface area contributed by atoms with Gasteiger partial charge in [0, 0.05) is 39.3 Å². The van der Waals surface area contributed by atoms with Crippen LogP contribution < -0.4 is 5.32 Å². The zero-order valence-corrected chi connectivity index (χ0v) is 12.4. The van der Waals surface area contributed by atoms with Crippen molar-refractivity contribution in [1.82, 2.24) is 5.32 Å². The molecule has 0 bridgehead atoms. The van der Waals surface area contributed by atoms with Gasteiger partial charge in [0.25, 0.3) is 0 Å². The van der Waals surface area contributed by atoms with Crippen LogP contribution in [0.4, 0.5) is 0 Å². The van der Waals surface area contributed by atoms with Gasteiger partial charge >= 0.3 is 0 Å². The smallest absolute Gasteiger partial charge is 0.0958 e. The summed E-state index contributed by atoms with van der Waals surface area (Å²) in [5, 5.41) is 3.63. The lowest BCUT2D eigenvalue weighted by Gasteiger charge is -2.17. The quantitative estimate of drug-likeness (QED) is 0.915. The largest absolute Gasteiger partial charge is 0.372 e. The van der Waals surface area contributed by atoms with Crippen molar-refractivity contribution in [2.75, 3.05) is 13.2 Å². The molecule has 3 rings (SSSR count). The highest BCUT2D eigenvalue weighted by atomic mass is 79.9. The summed E-state index contributed by atoms with van der Waals surface area (Å²) in [6.45, 7) is 4.19. The van der Waals surface area contributed by atoms with E-state index in [0.717, 1.165) is 19.2 Å². The molecule has 2 atom stereocenters. The van der Waals surface area contributed by atoms with Crippen LogP contribution in [0, 0.1) is 12.8 Å². The van der Waals surface area contributed by atoms with Crippen molar-refractivity contribution in [2.24, 2.45) is 5.92 Å². The molecule has 1 N–H and O–H groups in total. The Balaban J connectivity index is 1.67. The molecule has 2 aliphatic rings. The number of nitrogens with one attached hydrogen (secondary N) is 1. The fourth-order valence-electron chi connectivity index (χ4n) is 2.38. The first-order valence-electron chi connectivity index (χ1n) is 6.35. The number of rotatable bonds is 4. The minimum Gasteiger partial charge on any atom is -0.372 e. The molecular weight excluding hydrogens is 298 g/mol. The summed E-state index contributed by atoms with van der Waals surface area (Å²) in [4.78, 5) is 2.74. The molecule has 94 valence electrons. The lowest BCUT2D eigenvalue weighted by molar-refractivity contribution is 0.0932. The molecule has 1 saturated carbocycles. The minimum atomic E-state index is 0.316. The molecule has 1 saturated heterocycles. The molecule has 1 aliphatic carbocycles. The number of hydrogen-bond donors (Lipinski definition) is 1. The predicted molar refractivity (Wildman–Crippen MR) is 74.6 cm³/mol. The van der Waals surface area contributed by atoms with E-state index in [2.05, 4.69) is 34.2 Å². The van der Waals surface area contributed by atoms with Crippen molar-refractivity contribution in [3.8, 4) is 0 Å². The first-order chi connectivity index (χ1) is 8.24. The molecule has 0 radical (unpaired) electrons. The highest BCUT2D eigenvalue weighted by molar-refractivity contribution is 9.10. The number of aryl methyl sites for hydroxylation is 1. The maximum Gasteiger partial charge on any atom is 0.0958 e. The summed E-state index contributed by atoms with van der Waals surface area (Å²) < 4.78 is 7.15. The third-order valence-electron chi connectivity index (χ3n) is 3.62. The number of ether oxygens (including phenoxy) is 1. The Labute approximate surface area is 115 Å². The molecule has 1 aromatic rings. The van der Waals surface area contributed by atoms with Crippen LogP contribution in [0.3, 0.4) is 0 Å². The fraction of sp³-hybridized carbons (Fsp3) is 0.692. The Kier molecular flexibility index (Phi) is 3.57. The highest BCUT2D eigenvalue weighted by Crippen LogP contribution is 2.40. The van der Waals surface area contributed by atoms with E-state index < -0.39 is 0 Å². The van der Waals surface area contributed by atoms with Gasteiger partial charge in [-0.2, -0.15) is 0 Å². The standard InChI is InChI=1S/C13H18BrNOS/c1-8-11(14)6-12(17-8)13-9(4-5-16-13)7-15-10-2-3-10/h6,9-10,13,15H,2-5,7H2,1H3. The monoisotopic (exact) mass is 315 g/mol. The molecule has 1 aromatic heterocycles. The summed E-state index contributed by atoms with van der Waals surface area (Å²) >= 11 is 5.46. The molecule has 2 fully saturated rings. The van der Waals surface area contributed by atoms with Gasteiger partial charge in [0.15, 0.2) is 0 Å². The van der Waals surface area contributed by atoms with E-state index in [1.165, 1.54) is 33.5 Å². The van der Waals surface area contributed by atoms with E-state index in [4.69, 9.17) is 4.74 Å². The first-order valence-corrected chi connectivity index (χ1v) is 7.96. The minimum absolute atomic E-state index is 0.316.